The van der Waals surface area contributed by atoms with Gasteiger partial charge in [-0.25, -0.2) is 8.42 Å². The number of benzene rings is 1. The molecule has 1 amide bonds. The summed E-state index contributed by atoms with van der Waals surface area (Å²) >= 11 is 1.16. The maximum atomic E-state index is 12.7. The maximum absolute atomic E-state index is 12.7. The number of carbonyl (C=O) groups excluding carboxylic acids is 1. The van der Waals surface area contributed by atoms with Crippen LogP contribution in [0, 0.1) is 0 Å². The van der Waals surface area contributed by atoms with Crippen molar-refractivity contribution in [3.63, 3.8) is 0 Å². The molecule has 0 spiro atoms. The average molecular weight is 409 g/mol. The number of hydrogen-bond donors (Lipinski definition) is 1. The Labute approximate surface area is 164 Å². The fourth-order valence-corrected chi connectivity index (χ4v) is 6.14. The van der Waals surface area contributed by atoms with Gasteiger partial charge in [0.05, 0.1) is 13.0 Å². The molecule has 0 saturated carbocycles. The highest BCUT2D eigenvalue weighted by molar-refractivity contribution is 7.91. The predicted molar refractivity (Wildman–Crippen MR) is 105 cm³/mol. The molecule has 1 saturated heterocycles. The van der Waals surface area contributed by atoms with Crippen molar-refractivity contribution in [1.82, 2.24) is 9.21 Å². The molecule has 3 rings (SSSR count). The van der Waals surface area contributed by atoms with E-state index in [1.807, 2.05) is 30.3 Å². The fourth-order valence-electron chi connectivity index (χ4n) is 3.12. The first kappa shape index (κ1) is 20.0. The zero-order valence-corrected chi connectivity index (χ0v) is 16.7. The summed E-state index contributed by atoms with van der Waals surface area (Å²) in [5, 5.41) is 9.29. The van der Waals surface area contributed by atoms with Gasteiger partial charge in [-0.15, -0.1) is 11.3 Å². The van der Waals surface area contributed by atoms with Crippen LogP contribution in [0.4, 0.5) is 0 Å². The molecule has 8 heteroatoms. The highest BCUT2D eigenvalue weighted by Crippen LogP contribution is 2.28. The summed E-state index contributed by atoms with van der Waals surface area (Å²) in [5.74, 6) is -0.125. The second-order valence-corrected chi connectivity index (χ2v) is 9.87. The van der Waals surface area contributed by atoms with Crippen LogP contribution in [0.1, 0.15) is 23.3 Å². The zero-order chi connectivity index (χ0) is 19.3. The Morgan fingerprint density at radius 3 is 2.48 bits per heavy atom. The molecule has 0 unspecified atom stereocenters. The molecule has 0 atom stereocenters. The fraction of sp³-hybridized carbons (Fsp3) is 0.421. The molecule has 0 bridgehead atoms. The quantitative estimate of drug-likeness (QED) is 0.726. The summed E-state index contributed by atoms with van der Waals surface area (Å²) in [5.41, 5.74) is 0.989. The summed E-state index contributed by atoms with van der Waals surface area (Å²) in [6.45, 7) is 1.69. The largest absolute Gasteiger partial charge is 0.395 e. The molecule has 2 aromatic rings. The topological polar surface area (TPSA) is 77.9 Å². The first-order chi connectivity index (χ1) is 13.0. The van der Waals surface area contributed by atoms with Gasteiger partial charge >= 0.3 is 0 Å². The van der Waals surface area contributed by atoms with Gasteiger partial charge in [0.15, 0.2) is 0 Å². The Kier molecular flexibility index (Phi) is 6.64. The van der Waals surface area contributed by atoms with Crippen molar-refractivity contribution in [3.8, 4) is 0 Å². The molecule has 1 aliphatic rings. The van der Waals surface area contributed by atoms with Crippen LogP contribution in [-0.2, 0) is 27.8 Å². The van der Waals surface area contributed by atoms with E-state index in [9.17, 15) is 18.3 Å². The van der Waals surface area contributed by atoms with Crippen molar-refractivity contribution in [2.45, 2.75) is 30.0 Å². The van der Waals surface area contributed by atoms with Gasteiger partial charge in [0, 0.05) is 31.1 Å². The Morgan fingerprint density at radius 1 is 1.11 bits per heavy atom. The van der Waals surface area contributed by atoms with E-state index in [1.165, 1.54) is 4.31 Å². The molecule has 1 aromatic heterocycles. The third kappa shape index (κ3) is 4.95. The van der Waals surface area contributed by atoms with E-state index in [0.29, 0.717) is 28.7 Å². The van der Waals surface area contributed by atoms with Gasteiger partial charge in [-0.1, -0.05) is 30.3 Å². The SMILES string of the molecule is O=C(Cc1ccc(S(=O)(=O)N2CCCC2)s1)N(CCO)Cc1ccccc1. The molecule has 27 heavy (non-hydrogen) atoms. The molecule has 0 aliphatic carbocycles. The number of thiophene rings is 1. The first-order valence-corrected chi connectivity index (χ1v) is 11.3. The van der Waals surface area contributed by atoms with Gasteiger partial charge in [0.25, 0.3) is 10.0 Å². The summed E-state index contributed by atoms with van der Waals surface area (Å²) in [6, 6.07) is 12.9. The number of hydrogen-bond acceptors (Lipinski definition) is 5. The summed E-state index contributed by atoms with van der Waals surface area (Å²) in [7, 11) is -3.45. The van der Waals surface area contributed by atoms with Crippen molar-refractivity contribution >= 4 is 27.3 Å². The van der Waals surface area contributed by atoms with Crippen LogP contribution in [0.3, 0.4) is 0 Å². The number of amides is 1. The number of aliphatic hydroxyl groups excluding tert-OH is 1. The molecule has 1 fully saturated rings. The van der Waals surface area contributed by atoms with E-state index in [-0.39, 0.29) is 25.5 Å². The van der Waals surface area contributed by atoms with Crippen molar-refractivity contribution in [2.75, 3.05) is 26.2 Å². The van der Waals surface area contributed by atoms with E-state index in [4.69, 9.17) is 0 Å². The van der Waals surface area contributed by atoms with Crippen LogP contribution in [0.5, 0.6) is 0 Å². The zero-order valence-electron chi connectivity index (χ0n) is 15.1. The number of carbonyl (C=O) groups is 1. The highest BCUT2D eigenvalue weighted by atomic mass is 32.2. The van der Waals surface area contributed by atoms with E-state index < -0.39 is 10.0 Å². The summed E-state index contributed by atoms with van der Waals surface area (Å²) in [4.78, 5) is 15.0. The highest BCUT2D eigenvalue weighted by Gasteiger charge is 2.28. The first-order valence-electron chi connectivity index (χ1n) is 9.02. The van der Waals surface area contributed by atoms with Gasteiger partial charge in [-0.05, 0) is 30.5 Å². The second kappa shape index (κ2) is 8.97. The van der Waals surface area contributed by atoms with Gasteiger partial charge in [0.2, 0.25) is 5.91 Å². The Balaban J connectivity index is 1.68. The Hall–Kier alpha value is -1.74. The number of sulfonamides is 1. The van der Waals surface area contributed by atoms with Crippen LogP contribution in [-0.4, -0.2) is 54.9 Å². The number of nitrogens with zero attached hydrogens (tertiary/aromatic N) is 2. The summed E-state index contributed by atoms with van der Waals surface area (Å²) < 4.78 is 27.0. The van der Waals surface area contributed by atoms with E-state index >= 15 is 0 Å². The standard InChI is InChI=1S/C19H24N2O4S2/c22-13-12-20(15-16-6-2-1-3-7-16)18(23)14-17-8-9-19(26-17)27(24,25)21-10-4-5-11-21/h1-3,6-9,22H,4-5,10-15H2. The van der Waals surface area contributed by atoms with Gasteiger partial charge in [-0.3, -0.25) is 4.79 Å². The lowest BCUT2D eigenvalue weighted by Gasteiger charge is -2.21. The van der Waals surface area contributed by atoms with Crippen molar-refractivity contribution in [3.05, 3.63) is 52.9 Å². The van der Waals surface area contributed by atoms with Crippen LogP contribution < -0.4 is 0 Å². The predicted octanol–water partition coefficient (Wildman–Crippen LogP) is 2.10. The maximum Gasteiger partial charge on any atom is 0.252 e. The third-order valence-electron chi connectivity index (χ3n) is 4.56. The van der Waals surface area contributed by atoms with Crippen molar-refractivity contribution in [1.29, 1.82) is 0 Å². The Morgan fingerprint density at radius 2 is 1.81 bits per heavy atom. The van der Waals surface area contributed by atoms with Gasteiger partial charge < -0.3 is 10.0 Å². The normalized spacial score (nSPS) is 15.1. The smallest absolute Gasteiger partial charge is 0.252 e. The molecule has 2 heterocycles. The molecular formula is C19H24N2O4S2. The third-order valence-corrected chi connectivity index (χ3v) is 8.01. The molecular weight excluding hydrogens is 384 g/mol. The summed E-state index contributed by atoms with van der Waals surface area (Å²) in [6.07, 6.45) is 1.92. The van der Waals surface area contributed by atoms with Crippen LogP contribution >= 0.6 is 11.3 Å². The molecule has 1 aromatic carbocycles. The average Bonchev–Trinajstić information content (AvgIpc) is 3.35. The molecule has 6 nitrogen and oxygen atoms in total. The second-order valence-electron chi connectivity index (χ2n) is 6.53. The minimum absolute atomic E-state index is 0.113. The van der Waals surface area contributed by atoms with Crippen molar-refractivity contribution in [2.24, 2.45) is 0 Å². The lowest BCUT2D eigenvalue weighted by Crippen LogP contribution is -2.34. The lowest BCUT2D eigenvalue weighted by molar-refractivity contribution is -0.131. The Bertz CT molecular complexity index is 859. The molecule has 1 aliphatic heterocycles. The minimum Gasteiger partial charge on any atom is -0.395 e. The monoisotopic (exact) mass is 408 g/mol. The van der Waals surface area contributed by atoms with Crippen LogP contribution in [0.25, 0.3) is 0 Å². The van der Waals surface area contributed by atoms with E-state index in [0.717, 1.165) is 29.7 Å². The van der Waals surface area contributed by atoms with Crippen molar-refractivity contribution < 1.29 is 18.3 Å². The molecule has 0 radical (unpaired) electrons. The number of rotatable bonds is 8. The van der Waals surface area contributed by atoms with Crippen LogP contribution in [0.2, 0.25) is 0 Å². The van der Waals surface area contributed by atoms with E-state index in [2.05, 4.69) is 0 Å². The van der Waals surface area contributed by atoms with Crippen LogP contribution in [0.15, 0.2) is 46.7 Å². The molecule has 146 valence electrons. The van der Waals surface area contributed by atoms with Gasteiger partial charge in [-0.2, -0.15) is 4.31 Å². The van der Waals surface area contributed by atoms with E-state index in [1.54, 1.807) is 17.0 Å². The molecule has 1 N–H and O–H groups in total. The lowest BCUT2D eigenvalue weighted by atomic mass is 10.2. The van der Waals surface area contributed by atoms with Gasteiger partial charge in [0.1, 0.15) is 4.21 Å². The number of aliphatic hydroxyl groups is 1. The minimum atomic E-state index is -3.45.